The van der Waals surface area contributed by atoms with Crippen LogP contribution in [-0.4, -0.2) is 53.6 Å². The van der Waals surface area contributed by atoms with Crippen LogP contribution in [0.4, 0.5) is 5.69 Å². The van der Waals surface area contributed by atoms with Gasteiger partial charge in [0.2, 0.25) is 5.76 Å². The van der Waals surface area contributed by atoms with Crippen molar-refractivity contribution in [2.24, 2.45) is 0 Å². The highest BCUT2D eigenvalue weighted by atomic mass is 16.6. The van der Waals surface area contributed by atoms with E-state index in [1.54, 1.807) is 11.0 Å². The highest BCUT2D eigenvalue weighted by Crippen LogP contribution is 2.25. The van der Waals surface area contributed by atoms with Gasteiger partial charge in [-0.05, 0) is 38.1 Å². The number of carbonyl (C=O) groups is 2. The van der Waals surface area contributed by atoms with Crippen molar-refractivity contribution in [3.63, 3.8) is 0 Å². The molecule has 1 fully saturated rings. The Kier molecular flexibility index (Phi) is 5.74. The van der Waals surface area contributed by atoms with Gasteiger partial charge in [0.25, 0.3) is 11.6 Å². The zero-order valence-electron chi connectivity index (χ0n) is 15.5. The van der Waals surface area contributed by atoms with Crippen LogP contribution >= 0.6 is 0 Å². The molecule has 0 unspecified atom stereocenters. The third kappa shape index (κ3) is 4.55. The maximum Gasteiger partial charge on any atom is 0.374 e. The fourth-order valence-electron chi connectivity index (χ4n) is 3.02. The number of furan rings is 1. The summed E-state index contributed by atoms with van der Waals surface area (Å²) in [6, 6.07) is 8.73. The summed E-state index contributed by atoms with van der Waals surface area (Å²) in [5.74, 6) is -0.734. The number of non-ortho nitro benzene ring substituents is 1. The molecule has 0 saturated carbocycles. The number of amides is 1. The van der Waals surface area contributed by atoms with E-state index in [1.807, 2.05) is 13.8 Å². The Bertz CT molecular complexity index is 865. The summed E-state index contributed by atoms with van der Waals surface area (Å²) in [4.78, 5) is 36.2. The molecule has 0 spiro atoms. The second kappa shape index (κ2) is 8.22. The number of nitrogens with zero attached hydrogens (tertiary/aromatic N) is 2. The van der Waals surface area contributed by atoms with Crippen LogP contribution in [0.5, 0.6) is 0 Å². The minimum Gasteiger partial charge on any atom is -0.450 e. The summed E-state index contributed by atoms with van der Waals surface area (Å²) in [6.07, 6.45) is -0.143. The number of benzene rings is 1. The summed E-state index contributed by atoms with van der Waals surface area (Å²) in [5.41, 5.74) is 0.539. The second-order valence-electron chi connectivity index (χ2n) is 6.60. The van der Waals surface area contributed by atoms with Gasteiger partial charge in [-0.2, -0.15) is 0 Å². The third-order valence-corrected chi connectivity index (χ3v) is 4.27. The smallest absolute Gasteiger partial charge is 0.374 e. The standard InChI is InChI=1S/C19H20N2O7/c1-12-9-20(10-13(2)27-12)18(22)11-26-19(23)17-8-7-16(28-17)14-3-5-15(6-4-14)21(24)25/h3-8,12-13H,9-11H2,1-2H3/t12-,13-/m0/s1. The summed E-state index contributed by atoms with van der Waals surface area (Å²) < 4.78 is 16.1. The normalized spacial score (nSPS) is 19.3. The van der Waals surface area contributed by atoms with Crippen molar-refractivity contribution in [3.05, 3.63) is 52.3 Å². The second-order valence-corrected chi connectivity index (χ2v) is 6.60. The Labute approximate surface area is 161 Å². The molecule has 28 heavy (non-hydrogen) atoms. The Balaban J connectivity index is 1.58. The van der Waals surface area contributed by atoms with E-state index in [4.69, 9.17) is 13.9 Å². The van der Waals surface area contributed by atoms with Crippen LogP contribution in [0.1, 0.15) is 24.4 Å². The SMILES string of the molecule is C[C@H]1CN(C(=O)COC(=O)c2ccc(-c3ccc([N+](=O)[O-])cc3)o2)C[C@H](C)O1. The number of rotatable bonds is 5. The number of hydrogen-bond acceptors (Lipinski definition) is 7. The van der Waals surface area contributed by atoms with E-state index in [-0.39, 0.29) is 36.2 Å². The van der Waals surface area contributed by atoms with Crippen LogP contribution in [0.3, 0.4) is 0 Å². The van der Waals surface area contributed by atoms with Gasteiger partial charge < -0.3 is 18.8 Å². The number of morpholine rings is 1. The minimum absolute atomic E-state index is 0.0415. The summed E-state index contributed by atoms with van der Waals surface area (Å²) >= 11 is 0. The molecule has 0 radical (unpaired) electrons. The molecule has 1 aromatic carbocycles. The molecule has 2 atom stereocenters. The largest absolute Gasteiger partial charge is 0.450 e. The molecule has 2 aromatic rings. The van der Waals surface area contributed by atoms with Crippen molar-refractivity contribution in [1.29, 1.82) is 0 Å². The quantitative estimate of drug-likeness (QED) is 0.440. The number of hydrogen-bond donors (Lipinski definition) is 0. The van der Waals surface area contributed by atoms with Gasteiger partial charge in [0.1, 0.15) is 5.76 Å². The summed E-state index contributed by atoms with van der Waals surface area (Å²) in [7, 11) is 0. The topological polar surface area (TPSA) is 112 Å². The third-order valence-electron chi connectivity index (χ3n) is 4.27. The van der Waals surface area contributed by atoms with Crippen LogP contribution in [0.2, 0.25) is 0 Å². The minimum atomic E-state index is -0.754. The Morgan fingerprint density at radius 1 is 1.14 bits per heavy atom. The van der Waals surface area contributed by atoms with Gasteiger partial charge in [-0.1, -0.05) is 0 Å². The van der Waals surface area contributed by atoms with Crippen LogP contribution in [0.15, 0.2) is 40.8 Å². The maximum atomic E-state index is 12.2. The average Bonchev–Trinajstić information content (AvgIpc) is 3.15. The predicted octanol–water partition coefficient (Wildman–Crippen LogP) is 2.65. The lowest BCUT2D eigenvalue weighted by molar-refractivity contribution is -0.384. The number of carbonyl (C=O) groups excluding carboxylic acids is 2. The Morgan fingerprint density at radius 3 is 2.39 bits per heavy atom. The number of nitro benzene ring substituents is 1. The first kappa shape index (κ1) is 19.6. The fourth-order valence-corrected chi connectivity index (χ4v) is 3.02. The van der Waals surface area contributed by atoms with E-state index in [2.05, 4.69) is 0 Å². The lowest BCUT2D eigenvalue weighted by Gasteiger charge is -2.35. The number of nitro groups is 1. The van der Waals surface area contributed by atoms with Gasteiger partial charge in [-0.3, -0.25) is 14.9 Å². The molecule has 0 bridgehead atoms. The van der Waals surface area contributed by atoms with Crippen molar-refractivity contribution in [2.75, 3.05) is 19.7 Å². The van der Waals surface area contributed by atoms with Crippen molar-refractivity contribution < 1.29 is 28.4 Å². The molecule has 0 aliphatic carbocycles. The maximum absolute atomic E-state index is 12.2. The Hall–Kier alpha value is -3.20. The van der Waals surface area contributed by atoms with Crippen molar-refractivity contribution in [3.8, 4) is 11.3 Å². The van der Waals surface area contributed by atoms with Gasteiger partial charge in [-0.15, -0.1) is 0 Å². The van der Waals surface area contributed by atoms with Gasteiger partial charge in [0, 0.05) is 30.8 Å². The van der Waals surface area contributed by atoms with Gasteiger partial charge >= 0.3 is 5.97 Å². The van der Waals surface area contributed by atoms with Crippen molar-refractivity contribution in [1.82, 2.24) is 4.90 Å². The highest BCUT2D eigenvalue weighted by molar-refractivity contribution is 5.89. The first-order chi connectivity index (χ1) is 13.3. The molecule has 2 heterocycles. The van der Waals surface area contributed by atoms with E-state index in [1.165, 1.54) is 30.3 Å². The first-order valence-electron chi connectivity index (χ1n) is 8.78. The molecule has 1 aromatic heterocycles. The van der Waals surface area contributed by atoms with Gasteiger partial charge in [-0.25, -0.2) is 4.79 Å². The lowest BCUT2D eigenvalue weighted by atomic mass is 10.1. The summed E-state index contributed by atoms with van der Waals surface area (Å²) in [5, 5.41) is 10.7. The van der Waals surface area contributed by atoms with Crippen LogP contribution < -0.4 is 0 Å². The van der Waals surface area contributed by atoms with Gasteiger partial charge in [0.05, 0.1) is 17.1 Å². The predicted molar refractivity (Wildman–Crippen MR) is 97.7 cm³/mol. The Morgan fingerprint density at radius 2 is 1.79 bits per heavy atom. The molecule has 3 rings (SSSR count). The molecular formula is C19H20N2O7. The van der Waals surface area contributed by atoms with E-state index < -0.39 is 10.9 Å². The molecule has 1 amide bonds. The number of ether oxygens (including phenoxy) is 2. The van der Waals surface area contributed by atoms with Gasteiger partial charge in [0.15, 0.2) is 6.61 Å². The summed E-state index contributed by atoms with van der Waals surface area (Å²) in [6.45, 7) is 4.28. The van der Waals surface area contributed by atoms with Crippen molar-refractivity contribution >= 4 is 17.6 Å². The lowest BCUT2D eigenvalue weighted by Crippen LogP contribution is -2.49. The van der Waals surface area contributed by atoms with Crippen molar-refractivity contribution in [2.45, 2.75) is 26.1 Å². The van der Waals surface area contributed by atoms with Crippen LogP contribution in [0, 0.1) is 10.1 Å². The van der Waals surface area contributed by atoms with E-state index in [0.29, 0.717) is 24.4 Å². The molecule has 1 aliphatic heterocycles. The van der Waals surface area contributed by atoms with Crippen LogP contribution in [0.25, 0.3) is 11.3 Å². The molecule has 9 heteroatoms. The monoisotopic (exact) mass is 388 g/mol. The van der Waals surface area contributed by atoms with E-state index >= 15 is 0 Å². The van der Waals surface area contributed by atoms with E-state index in [9.17, 15) is 19.7 Å². The first-order valence-corrected chi connectivity index (χ1v) is 8.78. The molecule has 9 nitrogen and oxygen atoms in total. The fraction of sp³-hybridized carbons (Fsp3) is 0.368. The molecule has 0 N–H and O–H groups in total. The van der Waals surface area contributed by atoms with E-state index in [0.717, 1.165) is 0 Å². The zero-order chi connectivity index (χ0) is 20.3. The highest BCUT2D eigenvalue weighted by Gasteiger charge is 2.27. The molecule has 148 valence electrons. The average molecular weight is 388 g/mol. The van der Waals surface area contributed by atoms with Crippen LogP contribution in [-0.2, 0) is 14.3 Å². The molecule has 1 saturated heterocycles. The molecule has 1 aliphatic rings. The number of esters is 1. The zero-order valence-corrected chi connectivity index (χ0v) is 15.5. The molecular weight excluding hydrogens is 368 g/mol.